The molecule has 2 aliphatic rings. The topological polar surface area (TPSA) is 26.3 Å². The highest BCUT2D eigenvalue weighted by molar-refractivity contribution is 5.80. The molecule has 2 rings (SSSR count). The Kier molecular flexibility index (Phi) is 2.65. The van der Waals surface area contributed by atoms with Crippen molar-refractivity contribution in [3.05, 3.63) is 0 Å². The Morgan fingerprint density at radius 1 is 1.43 bits per heavy atom. The minimum absolute atomic E-state index is 0.0815. The highest BCUT2D eigenvalue weighted by Crippen LogP contribution is 2.43. The molecule has 3 unspecified atom stereocenters. The molecule has 0 aromatic carbocycles. The second-order valence-corrected chi connectivity index (χ2v) is 5.16. The molecule has 1 heterocycles. The van der Waals surface area contributed by atoms with Crippen molar-refractivity contribution in [3.8, 4) is 0 Å². The molecule has 0 aromatic rings. The predicted octanol–water partition coefficient (Wildman–Crippen LogP) is 2.56. The first-order valence-corrected chi connectivity index (χ1v) is 5.78. The number of hydrogen-bond donors (Lipinski definition) is 0. The molecule has 0 radical (unpaired) electrons. The maximum Gasteiger partial charge on any atom is 0.138 e. The molecule has 0 aromatic heterocycles. The lowest BCUT2D eigenvalue weighted by Crippen LogP contribution is -2.48. The fraction of sp³-hybridized carbons (Fsp3) is 0.917. The molecule has 1 aliphatic heterocycles. The maximum absolute atomic E-state index is 11.5. The minimum Gasteiger partial charge on any atom is -0.374 e. The van der Waals surface area contributed by atoms with Gasteiger partial charge in [0.1, 0.15) is 5.78 Å². The molecule has 80 valence electrons. The van der Waals surface area contributed by atoms with Gasteiger partial charge in [-0.1, -0.05) is 13.8 Å². The Bertz CT molecular complexity index is 236. The minimum atomic E-state index is -0.0815. The predicted molar refractivity (Wildman–Crippen MR) is 55.1 cm³/mol. The van der Waals surface area contributed by atoms with Gasteiger partial charge in [-0.2, -0.15) is 0 Å². The molecule has 1 saturated carbocycles. The number of carbonyl (C=O) groups is 1. The van der Waals surface area contributed by atoms with E-state index in [1.807, 2.05) is 0 Å². The van der Waals surface area contributed by atoms with Gasteiger partial charge in [-0.25, -0.2) is 0 Å². The third-order valence-corrected chi connectivity index (χ3v) is 3.98. The monoisotopic (exact) mass is 196 g/mol. The van der Waals surface area contributed by atoms with Crippen molar-refractivity contribution in [2.45, 2.75) is 51.6 Å². The summed E-state index contributed by atoms with van der Waals surface area (Å²) >= 11 is 0. The molecule has 2 heteroatoms. The van der Waals surface area contributed by atoms with Crippen LogP contribution in [0.5, 0.6) is 0 Å². The molecule has 2 nitrogen and oxygen atoms in total. The van der Waals surface area contributed by atoms with Crippen LogP contribution in [0.1, 0.15) is 46.0 Å². The Morgan fingerprint density at radius 3 is 2.86 bits per heavy atom. The zero-order chi connectivity index (χ0) is 10.2. The van der Waals surface area contributed by atoms with Gasteiger partial charge in [-0.3, -0.25) is 4.79 Å². The van der Waals surface area contributed by atoms with E-state index in [2.05, 4.69) is 13.8 Å². The first-order chi connectivity index (χ1) is 6.62. The van der Waals surface area contributed by atoms with Gasteiger partial charge in [0.2, 0.25) is 0 Å². The second kappa shape index (κ2) is 3.65. The summed E-state index contributed by atoms with van der Waals surface area (Å²) < 4.78 is 5.92. The van der Waals surface area contributed by atoms with Crippen molar-refractivity contribution in [3.63, 3.8) is 0 Å². The molecular formula is C12H20O2. The van der Waals surface area contributed by atoms with E-state index < -0.39 is 0 Å². The summed E-state index contributed by atoms with van der Waals surface area (Å²) in [4.78, 5) is 11.5. The molecule has 2 fully saturated rings. The van der Waals surface area contributed by atoms with Crippen LogP contribution in [0, 0.1) is 11.8 Å². The molecule has 0 amide bonds. The van der Waals surface area contributed by atoms with E-state index in [4.69, 9.17) is 4.74 Å². The molecule has 0 N–H and O–H groups in total. The molecule has 3 atom stereocenters. The zero-order valence-electron chi connectivity index (χ0n) is 9.21. The van der Waals surface area contributed by atoms with Gasteiger partial charge in [-0.15, -0.1) is 0 Å². The number of Topliss-reactive ketones (excluding diaryl/α,β-unsaturated/α-hetero) is 1. The fourth-order valence-electron chi connectivity index (χ4n) is 2.99. The first-order valence-electron chi connectivity index (χ1n) is 5.78. The van der Waals surface area contributed by atoms with Crippen LogP contribution >= 0.6 is 0 Å². The molecule has 1 saturated heterocycles. The summed E-state index contributed by atoms with van der Waals surface area (Å²) in [6.45, 7) is 5.19. The van der Waals surface area contributed by atoms with Crippen LogP contribution in [0.15, 0.2) is 0 Å². The molecular weight excluding hydrogens is 176 g/mol. The first kappa shape index (κ1) is 10.2. The summed E-state index contributed by atoms with van der Waals surface area (Å²) in [7, 11) is 0. The van der Waals surface area contributed by atoms with Gasteiger partial charge in [0, 0.05) is 12.8 Å². The summed E-state index contributed by atoms with van der Waals surface area (Å²) in [5.74, 6) is 1.75. The lowest BCUT2D eigenvalue weighted by Gasteiger charge is -2.46. The average Bonchev–Trinajstić information content (AvgIpc) is 2.13. The Hall–Kier alpha value is -0.370. The highest BCUT2D eigenvalue weighted by Gasteiger charge is 2.44. The standard InChI is InChI=1S/C12H20O2/c1-9-3-5-12(10(2)7-9)8-11(13)4-6-14-12/h9-10H,3-8H2,1-2H3. The number of ketones is 1. The Labute approximate surface area is 86.0 Å². The van der Waals surface area contributed by atoms with Gasteiger partial charge in [0.15, 0.2) is 0 Å². The van der Waals surface area contributed by atoms with Crippen LogP contribution in [-0.2, 0) is 9.53 Å². The largest absolute Gasteiger partial charge is 0.374 e. The smallest absolute Gasteiger partial charge is 0.138 e. The Morgan fingerprint density at radius 2 is 2.21 bits per heavy atom. The van der Waals surface area contributed by atoms with Crippen molar-refractivity contribution in [1.82, 2.24) is 0 Å². The van der Waals surface area contributed by atoms with E-state index in [0.717, 1.165) is 12.3 Å². The van der Waals surface area contributed by atoms with Crippen LogP contribution in [0.25, 0.3) is 0 Å². The maximum atomic E-state index is 11.5. The van der Waals surface area contributed by atoms with Crippen molar-refractivity contribution < 1.29 is 9.53 Å². The van der Waals surface area contributed by atoms with Crippen LogP contribution in [0.3, 0.4) is 0 Å². The lowest BCUT2D eigenvalue weighted by molar-refractivity contribution is -0.158. The summed E-state index contributed by atoms with van der Waals surface area (Å²) in [5, 5.41) is 0. The van der Waals surface area contributed by atoms with Crippen molar-refractivity contribution in [1.29, 1.82) is 0 Å². The number of ether oxygens (including phenoxy) is 1. The number of carbonyl (C=O) groups excluding carboxylic acids is 1. The highest BCUT2D eigenvalue weighted by atomic mass is 16.5. The van der Waals surface area contributed by atoms with E-state index in [1.54, 1.807) is 0 Å². The van der Waals surface area contributed by atoms with Gasteiger partial charge in [0.05, 0.1) is 12.2 Å². The van der Waals surface area contributed by atoms with E-state index in [9.17, 15) is 4.79 Å². The molecule has 0 bridgehead atoms. The quantitative estimate of drug-likeness (QED) is 0.595. The molecule has 1 spiro atoms. The third-order valence-electron chi connectivity index (χ3n) is 3.98. The van der Waals surface area contributed by atoms with E-state index in [-0.39, 0.29) is 5.60 Å². The lowest BCUT2D eigenvalue weighted by atomic mass is 9.69. The van der Waals surface area contributed by atoms with Gasteiger partial charge in [0.25, 0.3) is 0 Å². The van der Waals surface area contributed by atoms with Crippen LogP contribution in [0.2, 0.25) is 0 Å². The van der Waals surface area contributed by atoms with Crippen molar-refractivity contribution in [2.75, 3.05) is 6.61 Å². The molecule has 14 heavy (non-hydrogen) atoms. The van der Waals surface area contributed by atoms with Crippen molar-refractivity contribution >= 4 is 5.78 Å². The van der Waals surface area contributed by atoms with Gasteiger partial charge < -0.3 is 4.74 Å². The average molecular weight is 196 g/mol. The zero-order valence-corrected chi connectivity index (χ0v) is 9.21. The normalized spacial score (nSPS) is 44.3. The summed E-state index contributed by atoms with van der Waals surface area (Å²) in [6.07, 6.45) is 4.82. The van der Waals surface area contributed by atoms with E-state index in [1.165, 1.54) is 12.8 Å². The number of rotatable bonds is 0. The van der Waals surface area contributed by atoms with Gasteiger partial charge >= 0.3 is 0 Å². The Balaban J connectivity index is 2.10. The van der Waals surface area contributed by atoms with E-state index in [0.29, 0.717) is 31.1 Å². The van der Waals surface area contributed by atoms with Gasteiger partial charge in [-0.05, 0) is 31.1 Å². The van der Waals surface area contributed by atoms with E-state index >= 15 is 0 Å². The second-order valence-electron chi connectivity index (χ2n) is 5.16. The summed E-state index contributed by atoms with van der Waals surface area (Å²) in [6, 6.07) is 0. The van der Waals surface area contributed by atoms with Crippen molar-refractivity contribution in [2.24, 2.45) is 11.8 Å². The van der Waals surface area contributed by atoms with Crippen LogP contribution in [0.4, 0.5) is 0 Å². The molecule has 1 aliphatic carbocycles. The SMILES string of the molecule is CC1CCC2(CC(=O)CCO2)C(C)C1. The fourth-order valence-corrected chi connectivity index (χ4v) is 2.99. The summed E-state index contributed by atoms with van der Waals surface area (Å²) in [5.41, 5.74) is -0.0815. The van der Waals surface area contributed by atoms with Crippen LogP contribution < -0.4 is 0 Å². The third kappa shape index (κ3) is 1.72. The number of hydrogen-bond acceptors (Lipinski definition) is 2. The van der Waals surface area contributed by atoms with Crippen LogP contribution in [-0.4, -0.2) is 18.0 Å².